The van der Waals surface area contributed by atoms with Crippen LogP contribution >= 0.6 is 0 Å². The third-order valence-corrected chi connectivity index (χ3v) is 8.21. The highest BCUT2D eigenvalue weighted by Gasteiger charge is 2.33. The lowest BCUT2D eigenvalue weighted by molar-refractivity contribution is -0.144. The number of unbranched alkanes of at least 4 members (excludes halogenated alkanes) is 1. The number of carboxylic acid groups (broad SMARTS) is 4. The molecule has 7 atom stereocenters. The number of aliphatic hydroxyl groups excluding tert-OH is 1. The highest BCUT2D eigenvalue weighted by atomic mass is 16.4. The summed E-state index contributed by atoms with van der Waals surface area (Å²) in [6.45, 7) is 3.42. The van der Waals surface area contributed by atoms with Crippen LogP contribution in [-0.4, -0.2) is 153 Å². The van der Waals surface area contributed by atoms with Gasteiger partial charge in [0.2, 0.25) is 41.4 Å². The molecule has 0 aliphatic carbocycles. The van der Waals surface area contributed by atoms with Crippen LogP contribution in [0.1, 0.15) is 78.6 Å². The maximum absolute atomic E-state index is 13.3. The van der Waals surface area contributed by atoms with Gasteiger partial charge in [-0.1, -0.05) is 20.3 Å². The fourth-order valence-corrected chi connectivity index (χ4v) is 5.02. The maximum atomic E-state index is 13.3. The molecule has 0 spiro atoms. The van der Waals surface area contributed by atoms with E-state index in [4.69, 9.17) is 21.7 Å². The van der Waals surface area contributed by atoms with E-state index < -0.39 is 153 Å². The van der Waals surface area contributed by atoms with Crippen LogP contribution < -0.4 is 48.7 Å². The topological polar surface area (TPSA) is 425 Å². The number of hydrogen-bond acceptors (Lipinski definition) is 14. The summed E-state index contributed by atoms with van der Waals surface area (Å²) in [6, 6.07) is -10.9. The molecule has 0 aromatic heterocycles. The van der Waals surface area contributed by atoms with Crippen LogP contribution in [0.2, 0.25) is 0 Å². The number of amides is 7. The predicted octanol–water partition coefficient (Wildman–Crippen LogP) is -5.19. The van der Waals surface area contributed by atoms with Gasteiger partial charge in [-0.05, 0) is 51.5 Å². The van der Waals surface area contributed by atoms with Gasteiger partial charge in [-0.2, -0.15) is 0 Å². The molecule has 25 nitrogen and oxygen atoms in total. The van der Waals surface area contributed by atoms with E-state index in [-0.39, 0.29) is 12.3 Å². The van der Waals surface area contributed by atoms with Crippen molar-refractivity contribution >= 4 is 65.2 Å². The Hall–Kier alpha value is -5.95. The van der Waals surface area contributed by atoms with Crippen molar-refractivity contribution < 1.29 is 78.3 Å². The predicted molar refractivity (Wildman–Crippen MR) is 201 cm³/mol. The van der Waals surface area contributed by atoms with Gasteiger partial charge in [-0.25, -0.2) is 4.79 Å². The number of carbonyl (C=O) groups is 11. The minimum absolute atomic E-state index is 0.0288. The lowest BCUT2D eigenvalue weighted by Crippen LogP contribution is -2.59. The minimum atomic E-state index is -1.95. The zero-order valence-corrected chi connectivity index (χ0v) is 33.0. The third-order valence-electron chi connectivity index (χ3n) is 8.21. The van der Waals surface area contributed by atoms with E-state index in [1.54, 1.807) is 13.8 Å². The molecule has 16 N–H and O–H groups in total. The summed E-state index contributed by atoms with van der Waals surface area (Å²) in [4.78, 5) is 136. The quantitative estimate of drug-likeness (QED) is 0.0300. The lowest BCUT2D eigenvalue weighted by Gasteiger charge is -2.26. The first kappa shape index (κ1) is 53.0. The smallest absolute Gasteiger partial charge is 0.326 e. The molecule has 0 saturated heterocycles. The maximum Gasteiger partial charge on any atom is 0.326 e. The second kappa shape index (κ2) is 27.6. The molecule has 0 aromatic carbocycles. The van der Waals surface area contributed by atoms with Crippen LogP contribution in [0.3, 0.4) is 0 Å². The molecule has 0 aliphatic heterocycles. The third kappa shape index (κ3) is 22.5. The van der Waals surface area contributed by atoms with E-state index >= 15 is 0 Å². The Morgan fingerprint density at radius 2 is 1.03 bits per heavy atom. The molecule has 0 radical (unpaired) electrons. The summed E-state index contributed by atoms with van der Waals surface area (Å²) in [5.41, 5.74) is 11.2. The summed E-state index contributed by atoms with van der Waals surface area (Å²) < 4.78 is 0. The molecule has 0 heterocycles. The van der Waals surface area contributed by atoms with Gasteiger partial charge in [-0.3, -0.25) is 47.9 Å². The van der Waals surface area contributed by atoms with E-state index in [2.05, 4.69) is 31.9 Å². The Balaban J connectivity index is 5.80. The van der Waals surface area contributed by atoms with E-state index in [0.717, 1.165) is 6.92 Å². The molecule has 0 fully saturated rings. The Morgan fingerprint density at radius 1 is 0.542 bits per heavy atom. The highest BCUT2D eigenvalue weighted by Crippen LogP contribution is 2.08. The van der Waals surface area contributed by atoms with Gasteiger partial charge in [0.05, 0.1) is 25.6 Å². The van der Waals surface area contributed by atoms with E-state index in [9.17, 15) is 68.1 Å². The van der Waals surface area contributed by atoms with Crippen LogP contribution in [0.15, 0.2) is 0 Å². The van der Waals surface area contributed by atoms with Crippen molar-refractivity contribution in [3.05, 3.63) is 0 Å². The molecule has 334 valence electrons. The van der Waals surface area contributed by atoms with Gasteiger partial charge < -0.3 is 74.2 Å². The summed E-state index contributed by atoms with van der Waals surface area (Å²) in [7, 11) is 0. The average molecular weight is 848 g/mol. The van der Waals surface area contributed by atoms with Crippen molar-refractivity contribution in [2.45, 2.75) is 121 Å². The Kier molecular flexibility index (Phi) is 24.9. The molecule has 0 aromatic rings. The second-order valence-corrected chi connectivity index (χ2v) is 13.8. The number of carbonyl (C=O) groups excluding carboxylic acids is 7. The van der Waals surface area contributed by atoms with Gasteiger partial charge in [0.1, 0.15) is 36.3 Å². The molecule has 59 heavy (non-hydrogen) atoms. The first-order chi connectivity index (χ1) is 27.5. The van der Waals surface area contributed by atoms with Gasteiger partial charge in [0.15, 0.2) is 0 Å². The minimum Gasteiger partial charge on any atom is -0.481 e. The molecule has 0 saturated carbocycles. The average Bonchev–Trinajstić information content (AvgIpc) is 3.14. The normalized spacial score (nSPS) is 14.4. The van der Waals surface area contributed by atoms with Gasteiger partial charge in [0.25, 0.3) is 0 Å². The van der Waals surface area contributed by atoms with E-state index in [1.807, 2.05) is 5.32 Å². The molecule has 0 unspecified atom stereocenters. The van der Waals surface area contributed by atoms with Crippen molar-refractivity contribution in [2.75, 3.05) is 19.7 Å². The van der Waals surface area contributed by atoms with Crippen LogP contribution in [0.5, 0.6) is 0 Å². The molecule has 0 bridgehead atoms. The number of rotatable bonds is 30. The number of hydrogen-bond donors (Lipinski definition) is 14. The Bertz CT molecular complexity index is 1510. The van der Waals surface area contributed by atoms with E-state index in [1.165, 1.54) is 0 Å². The van der Waals surface area contributed by atoms with Crippen LogP contribution in [0.25, 0.3) is 0 Å². The summed E-state index contributed by atoms with van der Waals surface area (Å²) in [5, 5.41) is 62.0. The van der Waals surface area contributed by atoms with Crippen molar-refractivity contribution in [3.8, 4) is 0 Å². The fraction of sp³-hybridized carbons (Fsp3) is 0.676. The first-order valence-corrected chi connectivity index (χ1v) is 18.6. The molecule has 7 amide bonds. The molecule has 0 rings (SSSR count). The Morgan fingerprint density at radius 3 is 1.54 bits per heavy atom. The molecule has 0 aliphatic rings. The number of aliphatic hydroxyl groups is 1. The SMILES string of the molecule is CC(C)C[C@H](NC(=O)[C@H](CO)NC(=O)CNC(=O)[C@@H](N)CCCCN)C(=O)N[C@@H](C)C(=O)N[C@@H](CC(=O)O)C(=O)N[C@@H](CCC(=O)O)C(=O)N[C@@H](CCC(=O)O)C(=O)O. The van der Waals surface area contributed by atoms with Crippen molar-refractivity contribution in [3.63, 3.8) is 0 Å². The van der Waals surface area contributed by atoms with Gasteiger partial charge >= 0.3 is 23.9 Å². The molecule has 25 heteroatoms. The molecular formula is C34H57N9O16. The van der Waals surface area contributed by atoms with E-state index in [0.29, 0.717) is 25.8 Å². The number of aliphatic carboxylic acids is 4. The van der Waals surface area contributed by atoms with Crippen molar-refractivity contribution in [1.82, 2.24) is 37.2 Å². The summed E-state index contributed by atoms with van der Waals surface area (Å²) >= 11 is 0. The second-order valence-electron chi connectivity index (χ2n) is 13.8. The van der Waals surface area contributed by atoms with Crippen LogP contribution in [-0.2, 0) is 52.7 Å². The number of nitrogens with one attached hydrogen (secondary N) is 7. The summed E-state index contributed by atoms with van der Waals surface area (Å²) in [5.74, 6) is -13.5. The van der Waals surface area contributed by atoms with Crippen molar-refractivity contribution in [1.29, 1.82) is 0 Å². The first-order valence-electron chi connectivity index (χ1n) is 18.6. The van der Waals surface area contributed by atoms with Gasteiger partial charge in [0, 0.05) is 12.8 Å². The Labute approximate surface area is 338 Å². The van der Waals surface area contributed by atoms with Gasteiger partial charge in [-0.15, -0.1) is 0 Å². The largest absolute Gasteiger partial charge is 0.481 e. The number of carboxylic acids is 4. The monoisotopic (exact) mass is 847 g/mol. The zero-order chi connectivity index (χ0) is 45.4. The fourth-order valence-electron chi connectivity index (χ4n) is 5.02. The molecular weight excluding hydrogens is 790 g/mol. The lowest BCUT2D eigenvalue weighted by atomic mass is 10.0. The van der Waals surface area contributed by atoms with Crippen molar-refractivity contribution in [2.24, 2.45) is 17.4 Å². The van der Waals surface area contributed by atoms with Crippen LogP contribution in [0.4, 0.5) is 0 Å². The number of nitrogens with two attached hydrogens (primary N) is 2. The summed E-state index contributed by atoms with van der Waals surface area (Å²) in [6.07, 6.45) is -2.20. The highest BCUT2D eigenvalue weighted by molar-refractivity contribution is 5.98. The van der Waals surface area contributed by atoms with Crippen LogP contribution in [0, 0.1) is 5.92 Å². The zero-order valence-electron chi connectivity index (χ0n) is 33.0. The standard InChI is InChI=1S/C34H57N9O16/c1-16(2)12-21(43-33(57)23(15-44)39-24(45)14-37-29(53)18(36)6-4-5-11-35)31(55)38-17(3)28(52)42-22(13-27(50)51)32(56)40-19(7-9-25(46)47)30(54)41-20(34(58)59)8-10-26(48)49/h16-23,44H,4-15,35-36H2,1-3H3,(H,37,53)(H,38,55)(H,39,45)(H,40,56)(H,41,54)(H,42,52)(H,43,57)(H,46,47)(H,48,49)(H,50,51)(H,58,59)/t17-,18-,19-,20-,21-,22-,23-/m0/s1.